The summed E-state index contributed by atoms with van der Waals surface area (Å²) in [4.78, 5) is 0. The van der Waals surface area contributed by atoms with Crippen molar-refractivity contribution >= 4 is 14.2 Å². The minimum absolute atomic E-state index is 0.731. The first kappa shape index (κ1) is 16.1. The molecule has 0 aliphatic carbocycles. The van der Waals surface area contributed by atoms with Crippen LogP contribution < -0.4 is 0 Å². The Balaban J connectivity index is 5.17. The Bertz CT molecular complexity index is 174. The Morgan fingerprint density at radius 1 is 0.812 bits per heavy atom. The van der Waals surface area contributed by atoms with Gasteiger partial charge in [-0.2, -0.15) is 0 Å². The van der Waals surface area contributed by atoms with E-state index in [1.807, 2.05) is 0 Å². The van der Waals surface area contributed by atoms with Crippen LogP contribution in [-0.4, -0.2) is 32.0 Å². The van der Waals surface area contributed by atoms with Crippen LogP contribution in [0.15, 0.2) is 0 Å². The van der Waals surface area contributed by atoms with Crippen LogP contribution in [0.2, 0.25) is 0 Å². The summed E-state index contributed by atoms with van der Waals surface area (Å²) in [5.41, 5.74) is 0. The Hall–Kier alpha value is 0.0949. The van der Waals surface area contributed by atoms with E-state index < -0.39 is 6.83 Å². The first-order valence-corrected chi connectivity index (χ1v) is 9.64. The molecule has 2 nitrogen and oxygen atoms in total. The van der Waals surface area contributed by atoms with E-state index in [9.17, 15) is 4.70 Å². The summed E-state index contributed by atoms with van der Waals surface area (Å²) < 4.78 is 16.8. The van der Waals surface area contributed by atoms with Crippen LogP contribution in [0.3, 0.4) is 0 Å². The molecule has 0 aromatic rings. The van der Waals surface area contributed by atoms with E-state index in [0.29, 0.717) is 0 Å². The van der Waals surface area contributed by atoms with Gasteiger partial charge in [0, 0.05) is 0 Å². The zero-order chi connectivity index (χ0) is 12.5. The van der Waals surface area contributed by atoms with Gasteiger partial charge in [-0.3, -0.25) is 0 Å². The summed E-state index contributed by atoms with van der Waals surface area (Å²) in [7, 11) is 0.731. The van der Waals surface area contributed by atoms with Crippen LogP contribution in [0.25, 0.3) is 0 Å². The van der Waals surface area contributed by atoms with Crippen molar-refractivity contribution in [3.05, 3.63) is 0 Å². The molecule has 0 aliphatic rings. The van der Waals surface area contributed by atoms with Crippen molar-refractivity contribution < 1.29 is 9.15 Å². The molecule has 0 heterocycles. The number of rotatable bonds is 10. The molecule has 0 unspecified atom stereocenters. The minimum atomic E-state index is -2.19. The van der Waals surface area contributed by atoms with Crippen LogP contribution in [0.1, 0.15) is 53.4 Å². The molecule has 0 rings (SSSR count). The zero-order valence-corrected chi connectivity index (χ0v) is 12.4. The molecule has 0 N–H and O–H groups in total. The second kappa shape index (κ2) is 7.43. The molecule has 0 aromatic carbocycles. The van der Waals surface area contributed by atoms with E-state index >= 15 is 0 Å². The summed E-state index contributed by atoms with van der Waals surface area (Å²) in [6, 6.07) is 0. The fourth-order valence-electron chi connectivity index (χ4n) is 3.27. The Morgan fingerprint density at radius 3 is 1.31 bits per heavy atom. The van der Waals surface area contributed by atoms with Gasteiger partial charge in [0.05, 0.1) is 0 Å². The average molecular weight is 246 g/mol. The first-order valence-electron chi connectivity index (χ1n) is 6.75. The van der Waals surface area contributed by atoms with Crippen LogP contribution in [-0.2, 0) is 9.15 Å². The van der Waals surface area contributed by atoms with Gasteiger partial charge in [0.15, 0.2) is 0 Å². The van der Waals surface area contributed by atoms with Gasteiger partial charge in [-0.05, 0) is 0 Å². The molecule has 0 fully saturated rings. The standard InChI is InChI=1S/C12H28BO2P/c1-5-9-16(10-6-2,11-7-3,12-8-4)15-13-14/h5-12H2,1-4H3. The third kappa shape index (κ3) is 3.84. The molecule has 4 heteroatoms. The van der Waals surface area contributed by atoms with Gasteiger partial charge in [-0.25, -0.2) is 0 Å². The first-order chi connectivity index (χ1) is 7.62. The number of hydrogen-bond acceptors (Lipinski definition) is 2. The van der Waals surface area contributed by atoms with Gasteiger partial charge in [-0.15, -0.1) is 0 Å². The Morgan fingerprint density at radius 2 is 1.12 bits per heavy atom. The van der Waals surface area contributed by atoms with Gasteiger partial charge in [0.1, 0.15) is 0 Å². The van der Waals surface area contributed by atoms with Crippen molar-refractivity contribution in [1.29, 1.82) is 0 Å². The van der Waals surface area contributed by atoms with E-state index in [4.69, 9.17) is 4.44 Å². The van der Waals surface area contributed by atoms with Gasteiger partial charge >= 0.3 is 101 Å². The summed E-state index contributed by atoms with van der Waals surface area (Å²) in [5.74, 6) is 0. The van der Waals surface area contributed by atoms with Gasteiger partial charge in [0.25, 0.3) is 0 Å². The monoisotopic (exact) mass is 246 g/mol. The SMILES string of the molecule is CCCP(CCC)(CCC)(CCC)OB=O. The molecular weight excluding hydrogens is 218 g/mol. The Labute approximate surface area is 102 Å². The average Bonchev–Trinajstić information content (AvgIpc) is 2.19. The van der Waals surface area contributed by atoms with Crippen molar-refractivity contribution in [3.8, 4) is 0 Å². The molecule has 0 atom stereocenters. The van der Waals surface area contributed by atoms with E-state index in [2.05, 4.69) is 27.7 Å². The van der Waals surface area contributed by atoms with Crippen molar-refractivity contribution in [2.24, 2.45) is 0 Å². The summed E-state index contributed by atoms with van der Waals surface area (Å²) >= 11 is 0. The maximum atomic E-state index is 10.9. The second-order valence-corrected chi connectivity index (χ2v) is 10.7. The third-order valence-corrected chi connectivity index (χ3v) is 10.5. The molecule has 0 bridgehead atoms. The van der Waals surface area contributed by atoms with Crippen molar-refractivity contribution in [1.82, 2.24) is 0 Å². The van der Waals surface area contributed by atoms with Crippen LogP contribution in [0.4, 0.5) is 0 Å². The van der Waals surface area contributed by atoms with E-state index in [1.54, 1.807) is 0 Å². The summed E-state index contributed by atoms with van der Waals surface area (Å²) in [6.07, 6.45) is 9.02. The molecule has 0 saturated carbocycles. The van der Waals surface area contributed by atoms with Gasteiger partial charge in [0.2, 0.25) is 0 Å². The van der Waals surface area contributed by atoms with Crippen molar-refractivity contribution in [2.45, 2.75) is 53.4 Å². The molecule has 0 aliphatic heterocycles. The Kier molecular flexibility index (Phi) is 7.47. The molecule has 0 radical (unpaired) electrons. The predicted octanol–water partition coefficient (Wildman–Crippen LogP) is 4.08. The van der Waals surface area contributed by atoms with E-state index in [1.165, 1.54) is 0 Å². The molecule has 0 saturated heterocycles. The van der Waals surface area contributed by atoms with Crippen LogP contribution in [0.5, 0.6) is 0 Å². The normalized spacial score (nSPS) is 13.9. The molecule has 0 spiro atoms. The van der Waals surface area contributed by atoms with E-state index in [-0.39, 0.29) is 0 Å². The number of hydrogen-bond donors (Lipinski definition) is 0. The van der Waals surface area contributed by atoms with Gasteiger partial charge < -0.3 is 0 Å². The maximum absolute atomic E-state index is 10.9. The fraction of sp³-hybridized carbons (Fsp3) is 1.00. The molecule has 16 heavy (non-hydrogen) atoms. The fourth-order valence-corrected chi connectivity index (χ4v) is 9.80. The zero-order valence-electron chi connectivity index (χ0n) is 11.5. The quantitative estimate of drug-likeness (QED) is 0.429. The predicted molar refractivity (Wildman–Crippen MR) is 75.1 cm³/mol. The molecule has 0 aromatic heterocycles. The topological polar surface area (TPSA) is 26.3 Å². The van der Waals surface area contributed by atoms with Crippen molar-refractivity contribution in [2.75, 3.05) is 24.6 Å². The van der Waals surface area contributed by atoms with Crippen LogP contribution in [0, 0.1) is 0 Å². The van der Waals surface area contributed by atoms with Crippen molar-refractivity contribution in [3.63, 3.8) is 0 Å². The molecular formula is C12H28BO2P. The van der Waals surface area contributed by atoms with E-state index in [0.717, 1.165) is 57.7 Å². The third-order valence-electron chi connectivity index (χ3n) is 3.50. The van der Waals surface area contributed by atoms with Crippen LogP contribution >= 0.6 is 6.83 Å². The molecule has 0 amide bonds. The summed E-state index contributed by atoms with van der Waals surface area (Å²) in [5, 5.41) is 0. The summed E-state index contributed by atoms with van der Waals surface area (Å²) in [6.45, 7) is 6.63. The second-order valence-electron chi connectivity index (χ2n) is 4.95. The molecule has 96 valence electrons. The van der Waals surface area contributed by atoms with Gasteiger partial charge in [-0.1, -0.05) is 0 Å².